The molecule has 10 heteroatoms. The van der Waals surface area contributed by atoms with Gasteiger partial charge in [-0.3, -0.25) is 14.3 Å². The van der Waals surface area contributed by atoms with Crippen molar-refractivity contribution >= 4 is 22.7 Å². The molecular weight excluding hydrogens is 460 g/mol. The molecule has 3 atom stereocenters. The summed E-state index contributed by atoms with van der Waals surface area (Å²) in [5.41, 5.74) is 2.32. The molecule has 0 radical (unpaired) electrons. The van der Waals surface area contributed by atoms with Gasteiger partial charge >= 0.3 is 0 Å². The molecule has 3 heterocycles. The number of nitrogens with zero attached hydrogens (tertiary/aromatic N) is 6. The summed E-state index contributed by atoms with van der Waals surface area (Å²) in [4.78, 5) is 29.8. The first-order valence-electron chi connectivity index (χ1n) is 12.5. The number of carbonyl (C=O) groups excluding carboxylic acids is 2. The van der Waals surface area contributed by atoms with Crippen LogP contribution >= 0.6 is 0 Å². The normalized spacial score (nSPS) is 20.5. The fourth-order valence-electron chi connectivity index (χ4n) is 4.66. The SMILES string of the molecule is C[C@@H]1CN([C@@H](C)CO)C(=O)CCCn2cc(nn2)CO[C@H]1CN(C)C(=O)c1ccc2ccn(C)c2c1. The topological polar surface area (TPSA) is 106 Å². The first kappa shape index (κ1) is 25.8. The van der Waals surface area contributed by atoms with Gasteiger partial charge in [-0.05, 0) is 36.9 Å². The lowest BCUT2D eigenvalue weighted by Crippen LogP contribution is -2.47. The Kier molecular flexibility index (Phi) is 8.05. The van der Waals surface area contributed by atoms with Gasteiger partial charge in [-0.1, -0.05) is 18.2 Å². The zero-order valence-electron chi connectivity index (χ0n) is 21.5. The number of hydrogen-bond donors (Lipinski definition) is 1. The molecule has 0 fully saturated rings. The molecule has 3 aromatic rings. The van der Waals surface area contributed by atoms with Crippen molar-refractivity contribution in [3.8, 4) is 0 Å². The molecule has 2 aromatic heterocycles. The van der Waals surface area contributed by atoms with Crippen LogP contribution in [0.4, 0.5) is 0 Å². The lowest BCUT2D eigenvalue weighted by Gasteiger charge is -2.35. The maximum Gasteiger partial charge on any atom is 0.253 e. The van der Waals surface area contributed by atoms with Crippen LogP contribution in [-0.4, -0.2) is 85.2 Å². The van der Waals surface area contributed by atoms with Crippen molar-refractivity contribution in [3.63, 3.8) is 0 Å². The highest BCUT2D eigenvalue weighted by Gasteiger charge is 2.29. The van der Waals surface area contributed by atoms with Crippen LogP contribution < -0.4 is 0 Å². The Bertz CT molecular complexity index is 1200. The van der Waals surface area contributed by atoms with E-state index in [1.807, 2.05) is 62.1 Å². The smallest absolute Gasteiger partial charge is 0.253 e. The fourth-order valence-corrected chi connectivity index (χ4v) is 4.66. The molecule has 0 spiro atoms. The highest BCUT2D eigenvalue weighted by atomic mass is 16.5. The number of benzene rings is 1. The summed E-state index contributed by atoms with van der Waals surface area (Å²) in [7, 11) is 3.73. The van der Waals surface area contributed by atoms with Crippen LogP contribution in [0.5, 0.6) is 0 Å². The summed E-state index contributed by atoms with van der Waals surface area (Å²) in [5.74, 6) is -0.203. The van der Waals surface area contributed by atoms with Gasteiger partial charge in [-0.2, -0.15) is 0 Å². The van der Waals surface area contributed by atoms with Crippen LogP contribution in [0.3, 0.4) is 0 Å². The van der Waals surface area contributed by atoms with Gasteiger partial charge in [0.25, 0.3) is 5.91 Å². The number of likely N-dealkylation sites (N-methyl/N-ethyl adjacent to an activating group) is 1. The Labute approximate surface area is 211 Å². The van der Waals surface area contributed by atoms with Gasteiger partial charge in [-0.25, -0.2) is 0 Å². The highest BCUT2D eigenvalue weighted by Crippen LogP contribution is 2.20. The van der Waals surface area contributed by atoms with E-state index in [0.29, 0.717) is 43.7 Å². The second-order valence-electron chi connectivity index (χ2n) is 9.87. The first-order valence-corrected chi connectivity index (χ1v) is 12.5. The predicted octanol–water partition coefficient (Wildman–Crippen LogP) is 2.07. The molecule has 10 nitrogen and oxygen atoms in total. The van der Waals surface area contributed by atoms with E-state index in [9.17, 15) is 14.7 Å². The number of ether oxygens (including phenoxy) is 1. The number of hydrogen-bond acceptors (Lipinski definition) is 6. The van der Waals surface area contributed by atoms with Crippen LogP contribution in [0, 0.1) is 5.92 Å². The number of aliphatic hydroxyl groups excluding tert-OH is 1. The van der Waals surface area contributed by atoms with Crippen LogP contribution in [0.15, 0.2) is 36.7 Å². The monoisotopic (exact) mass is 496 g/mol. The second kappa shape index (κ2) is 11.2. The van der Waals surface area contributed by atoms with Crippen molar-refractivity contribution in [1.82, 2.24) is 29.4 Å². The Morgan fingerprint density at radius 1 is 1.33 bits per heavy atom. The maximum atomic E-state index is 13.3. The lowest BCUT2D eigenvalue weighted by molar-refractivity contribution is -0.136. The number of fused-ring (bicyclic) bond motifs is 3. The van der Waals surface area contributed by atoms with E-state index in [-0.39, 0.29) is 43.1 Å². The summed E-state index contributed by atoms with van der Waals surface area (Å²) < 4.78 is 10.00. The Morgan fingerprint density at radius 2 is 2.14 bits per heavy atom. The lowest BCUT2D eigenvalue weighted by atomic mass is 10.0. The third-order valence-corrected chi connectivity index (χ3v) is 6.98. The van der Waals surface area contributed by atoms with E-state index >= 15 is 0 Å². The van der Waals surface area contributed by atoms with Crippen molar-refractivity contribution in [2.24, 2.45) is 13.0 Å². The molecular formula is C26H36N6O4. The Balaban J connectivity index is 1.55. The van der Waals surface area contributed by atoms with E-state index < -0.39 is 0 Å². The predicted molar refractivity (Wildman–Crippen MR) is 135 cm³/mol. The molecule has 0 saturated carbocycles. The average molecular weight is 497 g/mol. The molecule has 2 amide bonds. The van der Waals surface area contributed by atoms with E-state index in [4.69, 9.17) is 4.74 Å². The van der Waals surface area contributed by atoms with Crippen molar-refractivity contribution in [1.29, 1.82) is 0 Å². The van der Waals surface area contributed by atoms with Crippen LogP contribution in [0.1, 0.15) is 42.7 Å². The van der Waals surface area contributed by atoms with Crippen LogP contribution in [0.25, 0.3) is 10.9 Å². The second-order valence-corrected chi connectivity index (χ2v) is 9.87. The van der Waals surface area contributed by atoms with Gasteiger partial charge in [0.2, 0.25) is 5.91 Å². The van der Waals surface area contributed by atoms with E-state index in [1.54, 1.807) is 21.5 Å². The summed E-state index contributed by atoms with van der Waals surface area (Å²) in [6, 6.07) is 7.42. The Morgan fingerprint density at radius 3 is 2.92 bits per heavy atom. The van der Waals surface area contributed by atoms with E-state index in [2.05, 4.69) is 10.3 Å². The molecule has 1 aliphatic rings. The number of carbonyl (C=O) groups is 2. The average Bonchev–Trinajstić information content (AvgIpc) is 3.49. The van der Waals surface area contributed by atoms with Gasteiger partial charge in [0, 0.05) is 63.3 Å². The quantitative estimate of drug-likeness (QED) is 0.580. The van der Waals surface area contributed by atoms with Crippen molar-refractivity contribution in [2.45, 2.75) is 52.0 Å². The third kappa shape index (κ3) is 5.76. The zero-order valence-corrected chi connectivity index (χ0v) is 21.5. The minimum absolute atomic E-state index is 0.0120. The first-order chi connectivity index (χ1) is 17.3. The highest BCUT2D eigenvalue weighted by molar-refractivity contribution is 5.98. The van der Waals surface area contributed by atoms with Gasteiger partial charge in [0.05, 0.1) is 31.6 Å². The van der Waals surface area contributed by atoms with Crippen LogP contribution in [-0.2, 0) is 29.7 Å². The summed E-state index contributed by atoms with van der Waals surface area (Å²) in [5, 5.41) is 19.2. The molecule has 0 aliphatic carbocycles. The van der Waals surface area contributed by atoms with Crippen LogP contribution in [0.2, 0.25) is 0 Å². The van der Waals surface area contributed by atoms with E-state index in [1.165, 1.54) is 0 Å². The maximum absolute atomic E-state index is 13.3. The number of rotatable bonds is 5. The third-order valence-electron chi connectivity index (χ3n) is 6.98. The molecule has 36 heavy (non-hydrogen) atoms. The molecule has 194 valence electrons. The summed E-state index contributed by atoms with van der Waals surface area (Å²) >= 11 is 0. The molecule has 1 N–H and O–H groups in total. The standard InChI is InChI=1S/C26H36N6O4/c1-18-13-32(19(2)16-33)25(34)6-5-10-31-14-22(27-28-31)17-36-24(18)15-30(4)26(35)21-8-7-20-9-11-29(3)23(20)12-21/h7-9,11-12,14,18-19,24,33H,5-6,10,13,15-17H2,1-4H3/t18-,19+,24+/m1/s1. The van der Waals surface area contributed by atoms with Gasteiger partial charge in [0.1, 0.15) is 5.69 Å². The molecule has 1 aliphatic heterocycles. The van der Waals surface area contributed by atoms with Crippen molar-refractivity contribution < 1.29 is 19.4 Å². The molecule has 4 rings (SSSR count). The minimum atomic E-state index is -0.357. The van der Waals surface area contributed by atoms with Crippen molar-refractivity contribution in [2.75, 3.05) is 26.7 Å². The van der Waals surface area contributed by atoms with Gasteiger partial charge < -0.3 is 24.2 Å². The van der Waals surface area contributed by atoms with Gasteiger partial charge in [-0.15, -0.1) is 5.10 Å². The molecule has 0 saturated heterocycles. The molecule has 0 unspecified atom stereocenters. The van der Waals surface area contributed by atoms with Gasteiger partial charge in [0.15, 0.2) is 0 Å². The number of aliphatic hydroxyl groups is 1. The Hall–Kier alpha value is -3.24. The van der Waals surface area contributed by atoms with Crippen molar-refractivity contribution in [3.05, 3.63) is 47.9 Å². The minimum Gasteiger partial charge on any atom is -0.394 e. The van der Waals surface area contributed by atoms with E-state index in [0.717, 1.165) is 10.9 Å². The zero-order chi connectivity index (χ0) is 25.8. The molecule has 1 aromatic carbocycles. The number of aryl methyl sites for hydroxylation is 2. The fraction of sp³-hybridized carbons (Fsp3) is 0.538. The summed E-state index contributed by atoms with van der Waals surface area (Å²) in [6.45, 7) is 5.35. The number of amides is 2. The molecule has 2 bridgehead atoms. The largest absolute Gasteiger partial charge is 0.394 e. The summed E-state index contributed by atoms with van der Waals surface area (Å²) in [6.07, 6.45) is 4.45. The number of aromatic nitrogens is 4.